The number of benzene rings is 3. The number of non-ortho nitro benzene ring substituents is 1. The van der Waals surface area contributed by atoms with Gasteiger partial charge >= 0.3 is 0 Å². The number of rotatable bonds is 9. The second-order valence-corrected chi connectivity index (χ2v) is 12.6. The molecule has 3 aromatic carbocycles. The van der Waals surface area contributed by atoms with Crippen LogP contribution in [0.25, 0.3) is 11.6 Å². The molecule has 2 saturated heterocycles. The van der Waals surface area contributed by atoms with Gasteiger partial charge in [0, 0.05) is 18.1 Å². The van der Waals surface area contributed by atoms with E-state index in [1.807, 2.05) is 36.4 Å². The summed E-state index contributed by atoms with van der Waals surface area (Å²) in [6.07, 6.45) is 3.13. The van der Waals surface area contributed by atoms with Gasteiger partial charge in [0.1, 0.15) is 0 Å². The molecule has 11 heteroatoms. The number of phenols is 1. The number of imide groups is 1. The van der Waals surface area contributed by atoms with Crippen molar-refractivity contribution in [3.05, 3.63) is 103 Å². The molecule has 45 heavy (non-hydrogen) atoms. The number of nitrogens with zero attached hydrogens (tertiary/aromatic N) is 2. The fraction of sp³-hybridized carbons (Fsp3) is 0.294. The van der Waals surface area contributed by atoms with Gasteiger partial charge in [-0.1, -0.05) is 42.5 Å². The van der Waals surface area contributed by atoms with Gasteiger partial charge in [-0.25, -0.2) is 4.90 Å². The van der Waals surface area contributed by atoms with Gasteiger partial charge in [-0.15, -0.1) is 0 Å². The number of anilines is 1. The van der Waals surface area contributed by atoms with Gasteiger partial charge in [-0.05, 0) is 87.9 Å². The summed E-state index contributed by atoms with van der Waals surface area (Å²) in [5.74, 6) is -2.04. The van der Waals surface area contributed by atoms with Crippen molar-refractivity contribution in [3.63, 3.8) is 0 Å². The SMILES string of the molecule is COc1cc(/C=C(/CC[C@H]2OC[C@H]3C2=C(CO)C[C@H]2C(=O)N(c4cccc([N+](=O)[O-])c4)C(=O)[C@H]23)c2ccccc2)cc(I)c1O. The van der Waals surface area contributed by atoms with Crippen LogP contribution in [-0.4, -0.2) is 53.4 Å². The van der Waals surface area contributed by atoms with E-state index in [1.54, 1.807) is 6.07 Å². The van der Waals surface area contributed by atoms with Gasteiger partial charge in [0.2, 0.25) is 11.8 Å². The topological polar surface area (TPSA) is 139 Å². The third kappa shape index (κ3) is 5.75. The molecule has 0 saturated carbocycles. The molecule has 2 fully saturated rings. The maximum Gasteiger partial charge on any atom is 0.271 e. The highest BCUT2D eigenvalue weighted by Gasteiger charge is 2.57. The van der Waals surface area contributed by atoms with Crippen LogP contribution >= 0.6 is 22.6 Å². The summed E-state index contributed by atoms with van der Waals surface area (Å²) >= 11 is 2.07. The lowest BCUT2D eigenvalue weighted by Gasteiger charge is -2.31. The van der Waals surface area contributed by atoms with E-state index in [1.165, 1.54) is 31.4 Å². The molecular formula is C34H31IN2O8. The zero-order valence-corrected chi connectivity index (χ0v) is 26.5. The minimum atomic E-state index is -0.665. The molecule has 2 N–H and O–H groups in total. The molecule has 6 rings (SSSR count). The molecule has 0 spiro atoms. The lowest BCUT2D eigenvalue weighted by Crippen LogP contribution is -2.35. The molecule has 4 atom stereocenters. The first kappa shape index (κ1) is 30.9. The number of allylic oxidation sites excluding steroid dienone is 1. The molecule has 10 nitrogen and oxygen atoms in total. The Morgan fingerprint density at radius 2 is 1.89 bits per heavy atom. The number of amides is 2. The van der Waals surface area contributed by atoms with Gasteiger partial charge in [0.05, 0.1) is 52.4 Å². The van der Waals surface area contributed by atoms with Crippen LogP contribution in [0.3, 0.4) is 0 Å². The van der Waals surface area contributed by atoms with Crippen molar-refractivity contribution in [2.75, 3.05) is 25.2 Å². The second kappa shape index (κ2) is 12.7. The van der Waals surface area contributed by atoms with Gasteiger partial charge in [-0.3, -0.25) is 19.7 Å². The summed E-state index contributed by atoms with van der Waals surface area (Å²) in [4.78, 5) is 39.2. The molecule has 3 aliphatic rings. The zero-order valence-electron chi connectivity index (χ0n) is 24.4. The first-order valence-electron chi connectivity index (χ1n) is 14.6. The predicted molar refractivity (Wildman–Crippen MR) is 175 cm³/mol. The summed E-state index contributed by atoms with van der Waals surface area (Å²) in [5.41, 5.74) is 4.50. The maximum atomic E-state index is 13.8. The molecule has 1 aliphatic carbocycles. The molecule has 2 aliphatic heterocycles. The number of fused-ring (bicyclic) bond motifs is 3. The van der Waals surface area contributed by atoms with Gasteiger partial charge in [-0.2, -0.15) is 0 Å². The molecule has 0 radical (unpaired) electrons. The smallest absolute Gasteiger partial charge is 0.271 e. The van der Waals surface area contributed by atoms with E-state index in [0.717, 1.165) is 27.2 Å². The van der Waals surface area contributed by atoms with Crippen LogP contribution in [0, 0.1) is 31.4 Å². The molecule has 0 unspecified atom stereocenters. The molecule has 0 bridgehead atoms. The standard InChI is InChI=1S/C34H31IN2O8/c1-44-29-14-19(13-27(35)32(29)39)12-21(20-6-3-2-4-7-20)10-11-28-30-22(17-38)15-25-31(26(30)18-45-28)34(41)36(33(25)40)23-8-5-9-24(16-23)37(42)43/h2-9,12-14,16,25-26,28,31,38-39H,10-11,15,17-18H2,1H3/b21-12-/t25-,26+,28-,31-/m1/s1. The van der Waals surface area contributed by atoms with Crippen molar-refractivity contribution in [2.45, 2.75) is 25.4 Å². The number of aliphatic hydroxyl groups is 1. The van der Waals surface area contributed by atoms with E-state index < -0.39 is 28.6 Å². The lowest BCUT2D eigenvalue weighted by atomic mass is 9.69. The fourth-order valence-electron chi connectivity index (χ4n) is 6.89. The third-order valence-corrected chi connectivity index (χ3v) is 9.75. The number of methoxy groups -OCH3 is 1. The minimum Gasteiger partial charge on any atom is -0.504 e. The van der Waals surface area contributed by atoms with Crippen LogP contribution in [0.5, 0.6) is 11.5 Å². The Morgan fingerprint density at radius 1 is 1.11 bits per heavy atom. The summed E-state index contributed by atoms with van der Waals surface area (Å²) < 4.78 is 12.3. The molecule has 232 valence electrons. The van der Waals surface area contributed by atoms with E-state index in [9.17, 15) is 29.9 Å². The molecule has 2 heterocycles. The zero-order chi connectivity index (χ0) is 31.8. The second-order valence-electron chi connectivity index (χ2n) is 11.4. The number of ether oxygens (including phenoxy) is 2. The maximum absolute atomic E-state index is 13.8. The largest absolute Gasteiger partial charge is 0.504 e. The first-order valence-corrected chi connectivity index (χ1v) is 15.7. The normalized spacial score (nSPS) is 22.9. The van der Waals surface area contributed by atoms with Gasteiger partial charge in [0.25, 0.3) is 5.69 Å². The Labute approximate surface area is 273 Å². The molecule has 0 aromatic heterocycles. The van der Waals surface area contributed by atoms with Crippen LogP contribution in [-0.2, 0) is 14.3 Å². The fourth-order valence-corrected chi connectivity index (χ4v) is 7.52. The van der Waals surface area contributed by atoms with E-state index >= 15 is 0 Å². The van der Waals surface area contributed by atoms with Crippen LogP contribution in [0.15, 0.2) is 77.9 Å². The van der Waals surface area contributed by atoms with Gasteiger partial charge < -0.3 is 19.7 Å². The average molecular weight is 723 g/mol. The highest BCUT2D eigenvalue weighted by molar-refractivity contribution is 14.1. The van der Waals surface area contributed by atoms with Crippen molar-refractivity contribution in [1.82, 2.24) is 0 Å². The summed E-state index contributed by atoms with van der Waals surface area (Å²) in [6.45, 7) is -0.00941. The van der Waals surface area contributed by atoms with Crippen molar-refractivity contribution < 1.29 is 34.2 Å². The minimum absolute atomic E-state index is 0.0879. The highest BCUT2D eigenvalue weighted by Crippen LogP contribution is 2.51. The number of hydrogen-bond donors (Lipinski definition) is 2. The average Bonchev–Trinajstić information content (AvgIpc) is 3.58. The number of nitro groups is 1. The number of aromatic hydroxyl groups is 1. The number of carbonyl (C=O) groups is 2. The van der Waals surface area contributed by atoms with Crippen molar-refractivity contribution >= 4 is 57.4 Å². The number of nitro benzene ring substituents is 1. The van der Waals surface area contributed by atoms with E-state index in [4.69, 9.17) is 9.47 Å². The number of aliphatic hydroxyl groups excluding tert-OH is 1. The quantitative estimate of drug-likeness (QED) is 0.0712. The molecular weight excluding hydrogens is 691 g/mol. The Morgan fingerprint density at radius 3 is 2.60 bits per heavy atom. The molecule has 2 amide bonds. The number of carbonyl (C=O) groups excluding carboxylic acids is 2. The highest BCUT2D eigenvalue weighted by atomic mass is 127. The monoisotopic (exact) mass is 722 g/mol. The third-order valence-electron chi connectivity index (χ3n) is 8.93. The van der Waals surface area contributed by atoms with E-state index in [0.29, 0.717) is 27.7 Å². The van der Waals surface area contributed by atoms with Gasteiger partial charge in [0.15, 0.2) is 11.5 Å². The number of phenolic OH excluding ortho intramolecular Hbond substituents is 1. The Hall–Kier alpha value is -4.07. The Kier molecular flexibility index (Phi) is 8.76. The van der Waals surface area contributed by atoms with Crippen molar-refractivity contribution in [1.29, 1.82) is 0 Å². The molecule has 3 aromatic rings. The number of hydrogen-bond acceptors (Lipinski definition) is 8. The van der Waals surface area contributed by atoms with Crippen molar-refractivity contribution in [2.24, 2.45) is 17.8 Å². The lowest BCUT2D eigenvalue weighted by molar-refractivity contribution is -0.384. The summed E-state index contributed by atoms with van der Waals surface area (Å²) in [6, 6.07) is 19.2. The Bertz CT molecular complexity index is 1740. The van der Waals surface area contributed by atoms with E-state index in [2.05, 4.69) is 28.7 Å². The summed E-state index contributed by atoms with van der Waals surface area (Å²) in [7, 11) is 1.51. The van der Waals surface area contributed by atoms with Crippen LogP contribution in [0.1, 0.15) is 30.4 Å². The van der Waals surface area contributed by atoms with E-state index in [-0.39, 0.29) is 48.8 Å². The van der Waals surface area contributed by atoms with Crippen LogP contribution in [0.4, 0.5) is 11.4 Å². The van der Waals surface area contributed by atoms with Crippen LogP contribution < -0.4 is 9.64 Å². The van der Waals surface area contributed by atoms with Crippen LogP contribution in [0.2, 0.25) is 0 Å². The summed E-state index contributed by atoms with van der Waals surface area (Å²) in [5, 5.41) is 32.1. The van der Waals surface area contributed by atoms with Crippen molar-refractivity contribution in [3.8, 4) is 11.5 Å². The predicted octanol–water partition coefficient (Wildman–Crippen LogP) is 5.75. The first-order chi connectivity index (χ1) is 21.7. The number of halogens is 1. The Balaban J connectivity index is 1.28.